The van der Waals surface area contributed by atoms with E-state index >= 15 is 0 Å². The first-order valence-electron chi connectivity index (χ1n) is 4.75. The summed E-state index contributed by atoms with van der Waals surface area (Å²) in [5, 5.41) is 8.97. The van der Waals surface area contributed by atoms with Crippen LogP contribution in [0.4, 0.5) is 0 Å². The molecule has 0 amide bonds. The van der Waals surface area contributed by atoms with Crippen LogP contribution in [0.2, 0.25) is 0 Å². The molecule has 0 bridgehead atoms. The van der Waals surface area contributed by atoms with Gasteiger partial charge in [0.25, 0.3) is 0 Å². The zero-order valence-electron chi connectivity index (χ0n) is 9.68. The maximum absolute atomic E-state index is 8.97. The van der Waals surface area contributed by atoms with Crippen molar-refractivity contribution >= 4 is 0 Å². The summed E-state index contributed by atoms with van der Waals surface area (Å²) in [6, 6.07) is 0.488. The summed E-state index contributed by atoms with van der Waals surface area (Å²) >= 11 is 0. The number of rotatable bonds is 3. The van der Waals surface area contributed by atoms with Crippen molar-refractivity contribution in [2.24, 2.45) is 0 Å². The van der Waals surface area contributed by atoms with Crippen LogP contribution in [0.5, 0.6) is 0 Å². The Labute approximate surface area is 77.6 Å². The molecular weight excluding hydrogens is 150 g/mol. The molecule has 0 radical (unpaired) electrons. The summed E-state index contributed by atoms with van der Waals surface area (Å²) in [6.07, 6.45) is 0. The molecule has 1 N–H and O–H groups in total. The predicted octanol–water partition coefficient (Wildman–Crippen LogP) is 2.12. The minimum Gasteiger partial charge on any atom is -0.394 e. The molecule has 0 fully saturated rings. The fourth-order valence-electron chi connectivity index (χ4n) is 0.811. The fraction of sp³-hybridized carbons (Fsp3) is 1.00. The smallest absolute Gasteiger partial charge is 0.0610 e. The van der Waals surface area contributed by atoms with E-state index in [4.69, 9.17) is 5.11 Å². The minimum absolute atomic E-state index is 0.0891. The van der Waals surface area contributed by atoms with Crippen LogP contribution in [0.15, 0.2) is 0 Å². The lowest BCUT2D eigenvalue weighted by Crippen LogP contribution is -2.47. The van der Waals surface area contributed by atoms with Gasteiger partial charge in [0.05, 0.1) is 6.61 Å². The van der Waals surface area contributed by atoms with Crippen LogP contribution in [-0.2, 0) is 0 Å². The second-order valence-electron chi connectivity index (χ2n) is 3.68. The summed E-state index contributed by atoms with van der Waals surface area (Å²) in [5.41, 5.74) is -0.0891. The highest BCUT2D eigenvalue weighted by Crippen LogP contribution is 2.13. The summed E-state index contributed by atoms with van der Waals surface area (Å²) in [4.78, 5) is 2.16. The minimum atomic E-state index is -0.0891. The van der Waals surface area contributed by atoms with Crippen LogP contribution in [-0.4, -0.2) is 35.2 Å². The first kappa shape index (κ1) is 14.4. The predicted molar refractivity (Wildman–Crippen MR) is 55.4 cm³/mol. The van der Waals surface area contributed by atoms with Crippen molar-refractivity contribution in [1.29, 1.82) is 0 Å². The van der Waals surface area contributed by atoms with Crippen molar-refractivity contribution < 1.29 is 5.11 Å². The third kappa shape index (κ3) is 4.73. The van der Waals surface area contributed by atoms with Gasteiger partial charge in [0.2, 0.25) is 0 Å². The van der Waals surface area contributed by atoms with Crippen LogP contribution in [0.25, 0.3) is 0 Å². The van der Waals surface area contributed by atoms with Crippen LogP contribution in [0, 0.1) is 0 Å². The molecule has 0 aliphatic carbocycles. The highest BCUT2D eigenvalue weighted by molar-refractivity contribution is 4.79. The van der Waals surface area contributed by atoms with Gasteiger partial charge in [-0.15, -0.1) is 0 Å². The molecule has 0 rings (SSSR count). The van der Waals surface area contributed by atoms with Crippen LogP contribution < -0.4 is 0 Å². The maximum atomic E-state index is 8.97. The van der Waals surface area contributed by atoms with Crippen LogP contribution >= 0.6 is 0 Å². The number of likely N-dealkylation sites (N-methyl/N-ethyl adjacent to an activating group) is 1. The van der Waals surface area contributed by atoms with E-state index in [0.717, 1.165) is 0 Å². The van der Waals surface area contributed by atoms with E-state index in [-0.39, 0.29) is 12.1 Å². The Hall–Kier alpha value is -0.0800. The van der Waals surface area contributed by atoms with E-state index in [1.54, 1.807) is 0 Å². The van der Waals surface area contributed by atoms with Crippen molar-refractivity contribution in [3.8, 4) is 0 Å². The quantitative estimate of drug-likeness (QED) is 0.710. The molecule has 0 saturated heterocycles. The van der Waals surface area contributed by atoms with Gasteiger partial charge in [-0.1, -0.05) is 13.8 Å². The number of aliphatic hydroxyl groups excluding tert-OH is 1. The van der Waals surface area contributed by atoms with E-state index < -0.39 is 0 Å². The van der Waals surface area contributed by atoms with Crippen molar-refractivity contribution in [2.45, 2.75) is 53.1 Å². The number of hydrogen-bond acceptors (Lipinski definition) is 2. The molecule has 0 spiro atoms. The molecular formula is C10H25NO. The Morgan fingerprint density at radius 1 is 1.25 bits per heavy atom. The molecule has 0 aromatic carbocycles. The average molecular weight is 175 g/mol. The number of hydrogen-bond donors (Lipinski definition) is 1. The first-order chi connectivity index (χ1) is 5.41. The lowest BCUT2D eigenvalue weighted by molar-refractivity contribution is 0.0563. The molecule has 0 aromatic heterocycles. The molecule has 2 heteroatoms. The van der Waals surface area contributed by atoms with Gasteiger partial charge in [-0.2, -0.15) is 0 Å². The highest BCUT2D eigenvalue weighted by atomic mass is 16.3. The van der Waals surface area contributed by atoms with E-state index in [1.807, 2.05) is 34.7 Å². The topological polar surface area (TPSA) is 23.5 Å². The largest absolute Gasteiger partial charge is 0.394 e. The van der Waals surface area contributed by atoms with E-state index in [1.165, 1.54) is 0 Å². The summed E-state index contributed by atoms with van der Waals surface area (Å²) in [7, 11) is 2.03. The summed E-state index contributed by atoms with van der Waals surface area (Å²) in [5.74, 6) is 0. The molecule has 12 heavy (non-hydrogen) atoms. The van der Waals surface area contributed by atoms with Crippen molar-refractivity contribution in [1.82, 2.24) is 4.90 Å². The lowest BCUT2D eigenvalue weighted by Gasteiger charge is -2.36. The van der Waals surface area contributed by atoms with Crippen molar-refractivity contribution in [3.05, 3.63) is 0 Å². The molecule has 2 nitrogen and oxygen atoms in total. The average Bonchev–Trinajstić information content (AvgIpc) is 2.06. The Bertz CT molecular complexity index is 100. The van der Waals surface area contributed by atoms with Gasteiger partial charge in [-0.3, -0.25) is 4.90 Å². The molecule has 0 saturated carbocycles. The third-order valence-electron chi connectivity index (χ3n) is 2.12. The molecule has 0 aromatic rings. The van der Waals surface area contributed by atoms with Gasteiger partial charge >= 0.3 is 0 Å². The molecule has 0 aliphatic rings. The normalized spacial score (nSPS) is 11.5. The summed E-state index contributed by atoms with van der Waals surface area (Å²) < 4.78 is 0. The van der Waals surface area contributed by atoms with Gasteiger partial charge in [-0.25, -0.2) is 0 Å². The van der Waals surface area contributed by atoms with Crippen LogP contribution in [0.1, 0.15) is 41.5 Å². The van der Waals surface area contributed by atoms with E-state index in [2.05, 4.69) is 18.7 Å². The molecule has 76 valence electrons. The zero-order chi connectivity index (χ0) is 10.4. The fourth-order valence-corrected chi connectivity index (χ4v) is 0.811. The standard InChI is InChI=1S/C8H19NO.C2H6/c1-7(2)9(5)8(3,4)6-10;1-2/h7,10H,6H2,1-5H3;1-2H3. The van der Waals surface area contributed by atoms with E-state index in [0.29, 0.717) is 6.04 Å². The summed E-state index contributed by atoms with van der Waals surface area (Å²) in [6.45, 7) is 12.5. The van der Waals surface area contributed by atoms with Crippen molar-refractivity contribution in [3.63, 3.8) is 0 Å². The molecule has 0 atom stereocenters. The Kier molecular flexibility index (Phi) is 7.75. The van der Waals surface area contributed by atoms with Gasteiger partial charge < -0.3 is 5.11 Å². The molecule has 0 heterocycles. The van der Waals surface area contributed by atoms with Crippen molar-refractivity contribution in [2.75, 3.05) is 13.7 Å². The van der Waals surface area contributed by atoms with Gasteiger partial charge in [-0.05, 0) is 34.7 Å². The number of aliphatic hydroxyl groups is 1. The first-order valence-corrected chi connectivity index (χ1v) is 4.75. The number of nitrogens with zero attached hydrogens (tertiary/aromatic N) is 1. The monoisotopic (exact) mass is 175 g/mol. The SMILES string of the molecule is CC.CC(C)N(C)C(C)(C)CO. The van der Waals surface area contributed by atoms with E-state index in [9.17, 15) is 0 Å². The maximum Gasteiger partial charge on any atom is 0.0610 e. The third-order valence-corrected chi connectivity index (χ3v) is 2.12. The van der Waals surface area contributed by atoms with Gasteiger partial charge in [0, 0.05) is 11.6 Å². The Morgan fingerprint density at radius 3 is 1.67 bits per heavy atom. The van der Waals surface area contributed by atoms with Gasteiger partial charge in [0.15, 0.2) is 0 Å². The second-order valence-corrected chi connectivity index (χ2v) is 3.68. The highest BCUT2D eigenvalue weighted by Gasteiger charge is 2.23. The second kappa shape index (κ2) is 6.44. The Morgan fingerprint density at radius 2 is 1.58 bits per heavy atom. The van der Waals surface area contributed by atoms with Crippen LogP contribution in [0.3, 0.4) is 0 Å². The Balaban J connectivity index is 0. The molecule has 0 aliphatic heterocycles. The van der Waals surface area contributed by atoms with Gasteiger partial charge in [0.1, 0.15) is 0 Å². The zero-order valence-corrected chi connectivity index (χ0v) is 9.68. The lowest BCUT2D eigenvalue weighted by atomic mass is 10.0. The molecule has 0 unspecified atom stereocenters.